The quantitative estimate of drug-likeness (QED) is 0.856. The zero-order chi connectivity index (χ0) is 14.7. The number of rotatable bonds is 5. The van der Waals surface area contributed by atoms with Gasteiger partial charge in [-0.3, -0.25) is 0 Å². The number of hydrogen-bond donors (Lipinski definition) is 1. The summed E-state index contributed by atoms with van der Waals surface area (Å²) in [6.07, 6.45) is 1.51. The summed E-state index contributed by atoms with van der Waals surface area (Å²) in [6.45, 7) is 6.92. The van der Waals surface area contributed by atoms with Crippen LogP contribution in [-0.4, -0.2) is 13.1 Å². The van der Waals surface area contributed by atoms with E-state index in [-0.39, 0.29) is 11.8 Å². The Labute approximate surface area is 122 Å². The molecule has 0 radical (unpaired) electrons. The van der Waals surface area contributed by atoms with Crippen LogP contribution in [-0.2, 0) is 11.3 Å². The Morgan fingerprint density at radius 3 is 2.85 bits per heavy atom. The second kappa shape index (κ2) is 6.24. The molecule has 5 heteroatoms. The van der Waals surface area contributed by atoms with Crippen LogP contribution in [0.15, 0.2) is 22.8 Å². The van der Waals surface area contributed by atoms with Gasteiger partial charge in [-0.2, -0.15) is 0 Å². The van der Waals surface area contributed by atoms with E-state index in [1.54, 1.807) is 17.4 Å². The number of thiophene rings is 1. The van der Waals surface area contributed by atoms with E-state index in [2.05, 4.69) is 32.2 Å². The van der Waals surface area contributed by atoms with Crippen molar-refractivity contribution < 1.29 is 13.9 Å². The Morgan fingerprint density at radius 1 is 1.50 bits per heavy atom. The van der Waals surface area contributed by atoms with Crippen molar-refractivity contribution in [1.29, 1.82) is 0 Å². The van der Waals surface area contributed by atoms with Crippen LogP contribution in [0.5, 0.6) is 0 Å². The summed E-state index contributed by atoms with van der Waals surface area (Å²) in [7, 11) is 1.35. The average Bonchev–Trinajstić information content (AvgIpc) is 3.01. The molecule has 0 amide bonds. The number of ether oxygens (including phenoxy) is 1. The molecule has 4 nitrogen and oxygen atoms in total. The highest BCUT2D eigenvalue weighted by atomic mass is 32.1. The van der Waals surface area contributed by atoms with Gasteiger partial charge in [-0.25, -0.2) is 4.79 Å². The van der Waals surface area contributed by atoms with E-state index in [0.29, 0.717) is 6.54 Å². The van der Waals surface area contributed by atoms with Crippen molar-refractivity contribution in [3.8, 4) is 0 Å². The van der Waals surface area contributed by atoms with Crippen LogP contribution in [0.1, 0.15) is 44.4 Å². The lowest BCUT2D eigenvalue weighted by molar-refractivity contribution is 0.0563. The summed E-state index contributed by atoms with van der Waals surface area (Å²) in [5, 5.41) is 3.41. The topological polar surface area (TPSA) is 51.5 Å². The number of aryl methyl sites for hydroxylation is 2. The summed E-state index contributed by atoms with van der Waals surface area (Å²) in [6, 6.07) is 4.21. The van der Waals surface area contributed by atoms with Crippen molar-refractivity contribution >= 4 is 17.3 Å². The Kier molecular flexibility index (Phi) is 4.62. The third kappa shape index (κ3) is 3.11. The Bertz CT molecular complexity index is 600. The normalized spacial score (nSPS) is 12.4. The molecule has 1 N–H and O–H groups in total. The predicted octanol–water partition coefficient (Wildman–Crippen LogP) is 3.60. The molecule has 108 valence electrons. The predicted molar refractivity (Wildman–Crippen MR) is 79.1 cm³/mol. The highest BCUT2D eigenvalue weighted by Crippen LogP contribution is 2.26. The van der Waals surface area contributed by atoms with Gasteiger partial charge in [0.05, 0.1) is 13.4 Å². The first-order chi connectivity index (χ1) is 9.52. The molecule has 1 unspecified atom stereocenters. The summed E-state index contributed by atoms with van der Waals surface area (Å²) >= 11 is 1.80. The minimum absolute atomic E-state index is 0.223. The number of hydrogen-bond acceptors (Lipinski definition) is 5. The first-order valence-electron chi connectivity index (χ1n) is 6.48. The van der Waals surface area contributed by atoms with E-state index in [1.165, 1.54) is 28.7 Å². The van der Waals surface area contributed by atoms with Crippen LogP contribution in [0.25, 0.3) is 0 Å². The number of carbonyl (C=O) groups is 1. The zero-order valence-electron chi connectivity index (χ0n) is 12.1. The molecule has 2 rings (SSSR count). The molecule has 20 heavy (non-hydrogen) atoms. The molecule has 0 aromatic carbocycles. The largest absolute Gasteiger partial charge is 0.463 e. The van der Waals surface area contributed by atoms with Crippen LogP contribution in [0.2, 0.25) is 0 Å². The van der Waals surface area contributed by atoms with Gasteiger partial charge in [-0.15, -0.1) is 11.3 Å². The van der Waals surface area contributed by atoms with Crippen molar-refractivity contribution in [2.45, 2.75) is 33.4 Å². The van der Waals surface area contributed by atoms with E-state index < -0.39 is 5.97 Å². The van der Waals surface area contributed by atoms with Gasteiger partial charge < -0.3 is 14.5 Å². The lowest BCUT2D eigenvalue weighted by Gasteiger charge is -2.13. The molecule has 0 fully saturated rings. The zero-order valence-corrected chi connectivity index (χ0v) is 13.0. The number of furan rings is 1. The fourth-order valence-corrected chi connectivity index (χ4v) is 3.22. The van der Waals surface area contributed by atoms with Gasteiger partial charge >= 0.3 is 5.97 Å². The molecule has 2 aromatic rings. The Balaban J connectivity index is 2.04. The molecule has 0 aliphatic heterocycles. The van der Waals surface area contributed by atoms with Crippen LogP contribution in [0, 0.1) is 13.8 Å². The van der Waals surface area contributed by atoms with Crippen molar-refractivity contribution in [3.63, 3.8) is 0 Å². The molecule has 2 aromatic heterocycles. The van der Waals surface area contributed by atoms with Crippen molar-refractivity contribution in [2.24, 2.45) is 0 Å². The fraction of sp³-hybridized carbons (Fsp3) is 0.400. The second-order valence-corrected chi connectivity index (χ2v) is 6.20. The van der Waals surface area contributed by atoms with Crippen LogP contribution < -0.4 is 5.32 Å². The Morgan fingerprint density at radius 2 is 2.25 bits per heavy atom. The highest BCUT2D eigenvalue weighted by molar-refractivity contribution is 7.12. The van der Waals surface area contributed by atoms with Crippen molar-refractivity contribution in [1.82, 2.24) is 5.32 Å². The van der Waals surface area contributed by atoms with Crippen LogP contribution in [0.3, 0.4) is 0 Å². The summed E-state index contributed by atoms with van der Waals surface area (Å²) in [5.74, 6) is -0.174. The van der Waals surface area contributed by atoms with E-state index in [9.17, 15) is 4.79 Å². The highest BCUT2D eigenvalue weighted by Gasteiger charge is 2.17. The second-order valence-electron chi connectivity index (χ2n) is 4.74. The molecule has 0 aliphatic rings. The molecule has 0 spiro atoms. The molecule has 0 saturated carbocycles. The van der Waals surface area contributed by atoms with Crippen molar-refractivity contribution in [3.05, 3.63) is 45.0 Å². The minimum Gasteiger partial charge on any atom is -0.463 e. The maximum Gasteiger partial charge on any atom is 0.374 e. The first kappa shape index (κ1) is 14.8. The van der Waals surface area contributed by atoms with Crippen LogP contribution in [0.4, 0.5) is 0 Å². The summed E-state index contributed by atoms with van der Waals surface area (Å²) < 4.78 is 9.86. The number of nitrogens with one attached hydrogen (secondary N) is 1. The van der Waals surface area contributed by atoms with Crippen molar-refractivity contribution in [2.75, 3.05) is 7.11 Å². The van der Waals surface area contributed by atoms with E-state index in [4.69, 9.17) is 9.15 Å². The molecule has 0 saturated heterocycles. The average molecular weight is 293 g/mol. The van der Waals surface area contributed by atoms with Gasteiger partial charge in [-0.05, 0) is 38.5 Å². The third-order valence-electron chi connectivity index (χ3n) is 3.26. The lowest BCUT2D eigenvalue weighted by atomic mass is 10.1. The maximum atomic E-state index is 11.5. The first-order valence-corrected chi connectivity index (χ1v) is 7.29. The molecule has 0 aliphatic carbocycles. The van der Waals surface area contributed by atoms with Gasteiger partial charge in [0.2, 0.25) is 5.76 Å². The fourth-order valence-electron chi connectivity index (χ4n) is 2.20. The van der Waals surface area contributed by atoms with E-state index in [0.717, 1.165) is 5.56 Å². The van der Waals surface area contributed by atoms with Crippen LogP contribution >= 0.6 is 11.3 Å². The third-order valence-corrected chi connectivity index (χ3v) is 4.24. The molecule has 2 heterocycles. The number of carbonyl (C=O) groups excluding carboxylic acids is 1. The molecule has 1 atom stereocenters. The van der Waals surface area contributed by atoms with E-state index >= 15 is 0 Å². The molecular formula is C15H19NO3S. The van der Waals surface area contributed by atoms with Gasteiger partial charge in [0.1, 0.15) is 0 Å². The summed E-state index contributed by atoms with van der Waals surface area (Å²) in [5.41, 5.74) is 2.11. The maximum absolute atomic E-state index is 11.5. The number of esters is 1. The van der Waals surface area contributed by atoms with Gasteiger partial charge in [0, 0.05) is 27.9 Å². The SMILES string of the molecule is COC(=O)c1occc1CNC(C)c1cc(C)sc1C. The van der Waals surface area contributed by atoms with Gasteiger partial charge in [0.15, 0.2) is 0 Å². The Hall–Kier alpha value is -1.59. The van der Waals surface area contributed by atoms with Gasteiger partial charge in [-0.1, -0.05) is 0 Å². The molecular weight excluding hydrogens is 274 g/mol. The minimum atomic E-state index is -0.443. The van der Waals surface area contributed by atoms with E-state index in [1.807, 2.05) is 0 Å². The smallest absolute Gasteiger partial charge is 0.374 e. The lowest BCUT2D eigenvalue weighted by Crippen LogP contribution is -2.19. The monoisotopic (exact) mass is 293 g/mol. The number of methoxy groups -OCH3 is 1. The molecule has 0 bridgehead atoms. The summed E-state index contributed by atoms with van der Waals surface area (Å²) in [4.78, 5) is 14.2. The standard InChI is InChI=1S/C15H19NO3S/c1-9-7-13(11(3)20-9)10(2)16-8-12-5-6-19-14(12)15(17)18-4/h5-7,10,16H,8H2,1-4H3. The van der Waals surface area contributed by atoms with Gasteiger partial charge in [0.25, 0.3) is 0 Å².